The summed E-state index contributed by atoms with van der Waals surface area (Å²) < 4.78 is 5.09. The van der Waals surface area contributed by atoms with E-state index in [1.54, 1.807) is 31.2 Å². The van der Waals surface area contributed by atoms with Crippen molar-refractivity contribution in [3.05, 3.63) is 72.2 Å². The summed E-state index contributed by atoms with van der Waals surface area (Å²) in [6.45, 7) is 1.11. The molecule has 3 aromatic rings. The Morgan fingerprint density at radius 2 is 1.84 bits per heavy atom. The molecule has 9 nitrogen and oxygen atoms in total. The van der Waals surface area contributed by atoms with Gasteiger partial charge in [0.1, 0.15) is 17.8 Å². The molecule has 1 aliphatic heterocycles. The number of nitrogens with one attached hydrogen (secondary N) is 3. The number of hydrogen-bond donors (Lipinski definition) is 3. The van der Waals surface area contributed by atoms with Crippen molar-refractivity contribution in [3.63, 3.8) is 0 Å². The van der Waals surface area contributed by atoms with Crippen molar-refractivity contribution in [1.82, 2.24) is 20.9 Å². The number of carbonyl (C=O) groups is 4. The van der Waals surface area contributed by atoms with Crippen LogP contribution in [0.1, 0.15) is 18.2 Å². The maximum Gasteiger partial charge on any atom is 0.325 e. The molecule has 0 bridgehead atoms. The van der Waals surface area contributed by atoms with Crippen LogP contribution in [0.25, 0.3) is 10.8 Å². The van der Waals surface area contributed by atoms with Gasteiger partial charge in [0.15, 0.2) is 0 Å². The van der Waals surface area contributed by atoms with Crippen molar-refractivity contribution < 1.29 is 23.6 Å². The van der Waals surface area contributed by atoms with Crippen molar-refractivity contribution >= 4 is 34.6 Å². The molecule has 3 N–H and O–H groups in total. The second kappa shape index (κ2) is 7.94. The minimum atomic E-state index is -1.33. The molecule has 0 radical (unpaired) electrons. The molecule has 31 heavy (non-hydrogen) atoms. The van der Waals surface area contributed by atoms with Gasteiger partial charge < -0.3 is 15.1 Å². The zero-order valence-electron chi connectivity index (χ0n) is 16.7. The van der Waals surface area contributed by atoms with Crippen LogP contribution in [0.4, 0.5) is 9.59 Å². The van der Waals surface area contributed by atoms with Crippen LogP contribution in [-0.4, -0.2) is 35.3 Å². The average Bonchev–Trinajstić information content (AvgIpc) is 3.35. The molecule has 0 unspecified atom stereocenters. The van der Waals surface area contributed by atoms with Crippen LogP contribution in [0.15, 0.2) is 65.3 Å². The standard InChI is InChI=1S/C22H20N4O5/c1-22(17-10-4-7-14-6-2-3-9-16(14)17)19(28)26(21(30)25-22)13-18(27)24-20(29)23-12-15-8-5-11-31-15/h2-11H,12-13H2,1H3,(H,25,30)(H2,23,24,27,29)/t22-/m0/s1. The minimum Gasteiger partial charge on any atom is -0.467 e. The first-order valence-corrected chi connectivity index (χ1v) is 9.61. The fourth-order valence-corrected chi connectivity index (χ4v) is 3.62. The second-order valence-electron chi connectivity index (χ2n) is 7.28. The Labute approximate surface area is 177 Å². The van der Waals surface area contributed by atoms with Crippen molar-refractivity contribution in [2.75, 3.05) is 6.54 Å². The van der Waals surface area contributed by atoms with E-state index in [0.717, 1.165) is 15.7 Å². The lowest BCUT2D eigenvalue weighted by molar-refractivity contribution is -0.134. The highest BCUT2D eigenvalue weighted by Gasteiger charge is 2.50. The van der Waals surface area contributed by atoms with E-state index in [2.05, 4.69) is 16.0 Å². The van der Waals surface area contributed by atoms with Crippen molar-refractivity contribution in [1.29, 1.82) is 0 Å². The lowest BCUT2D eigenvalue weighted by Gasteiger charge is -2.24. The van der Waals surface area contributed by atoms with Gasteiger partial charge >= 0.3 is 12.1 Å². The maximum absolute atomic E-state index is 13.1. The van der Waals surface area contributed by atoms with Gasteiger partial charge in [-0.25, -0.2) is 9.59 Å². The molecule has 0 spiro atoms. The Hall–Kier alpha value is -4.14. The quantitative estimate of drug-likeness (QED) is 0.547. The summed E-state index contributed by atoms with van der Waals surface area (Å²) in [6, 6.07) is 14.9. The third-order valence-corrected chi connectivity index (χ3v) is 5.16. The van der Waals surface area contributed by atoms with Crippen LogP contribution >= 0.6 is 0 Å². The molecule has 0 aliphatic carbocycles. The first-order valence-electron chi connectivity index (χ1n) is 9.61. The number of amides is 6. The monoisotopic (exact) mass is 420 g/mol. The highest BCUT2D eigenvalue weighted by molar-refractivity contribution is 6.11. The largest absolute Gasteiger partial charge is 0.467 e. The second-order valence-corrected chi connectivity index (χ2v) is 7.28. The zero-order chi connectivity index (χ0) is 22.0. The van der Waals surface area contributed by atoms with Gasteiger partial charge in [0.25, 0.3) is 5.91 Å². The topological polar surface area (TPSA) is 121 Å². The first kappa shape index (κ1) is 20.1. The summed E-state index contributed by atoms with van der Waals surface area (Å²) in [7, 11) is 0. The molecule has 1 saturated heterocycles. The van der Waals surface area contributed by atoms with E-state index in [0.29, 0.717) is 11.3 Å². The number of imide groups is 2. The molecule has 158 valence electrons. The van der Waals surface area contributed by atoms with Crippen LogP contribution in [0.5, 0.6) is 0 Å². The van der Waals surface area contributed by atoms with E-state index in [1.807, 2.05) is 30.3 Å². The van der Waals surface area contributed by atoms with Gasteiger partial charge in [0.05, 0.1) is 12.8 Å². The summed E-state index contributed by atoms with van der Waals surface area (Å²) in [4.78, 5) is 50.6. The fraction of sp³-hybridized carbons (Fsp3) is 0.182. The highest BCUT2D eigenvalue weighted by atomic mass is 16.3. The predicted octanol–water partition coefficient (Wildman–Crippen LogP) is 2.23. The molecule has 1 aliphatic rings. The minimum absolute atomic E-state index is 0.0917. The van der Waals surface area contributed by atoms with Crippen LogP contribution in [-0.2, 0) is 21.7 Å². The van der Waals surface area contributed by atoms with Gasteiger partial charge in [-0.05, 0) is 35.4 Å². The third-order valence-electron chi connectivity index (χ3n) is 5.16. The summed E-state index contributed by atoms with van der Waals surface area (Å²) >= 11 is 0. The summed E-state index contributed by atoms with van der Waals surface area (Å²) in [6.07, 6.45) is 1.46. The molecular weight excluding hydrogens is 400 g/mol. The Kier molecular flexibility index (Phi) is 5.16. The van der Waals surface area contributed by atoms with Crippen LogP contribution < -0.4 is 16.0 Å². The number of fused-ring (bicyclic) bond motifs is 1. The number of nitrogens with zero attached hydrogens (tertiary/aromatic N) is 1. The summed E-state index contributed by atoms with van der Waals surface area (Å²) in [5.74, 6) is -0.842. The zero-order valence-corrected chi connectivity index (χ0v) is 16.7. The van der Waals surface area contributed by atoms with Gasteiger partial charge in [-0.3, -0.25) is 19.8 Å². The van der Waals surface area contributed by atoms with Crippen molar-refractivity contribution in [3.8, 4) is 0 Å². The molecule has 1 atom stereocenters. The molecule has 1 aromatic heterocycles. The molecule has 2 heterocycles. The van der Waals surface area contributed by atoms with E-state index in [9.17, 15) is 19.2 Å². The van der Waals surface area contributed by atoms with Gasteiger partial charge in [-0.15, -0.1) is 0 Å². The normalized spacial score (nSPS) is 18.2. The Morgan fingerprint density at radius 1 is 1.06 bits per heavy atom. The Morgan fingerprint density at radius 3 is 2.61 bits per heavy atom. The van der Waals surface area contributed by atoms with E-state index < -0.39 is 36.0 Å². The number of rotatable bonds is 5. The lowest BCUT2D eigenvalue weighted by atomic mass is 9.88. The van der Waals surface area contributed by atoms with E-state index >= 15 is 0 Å². The SMILES string of the molecule is C[C@@]1(c2cccc3ccccc23)NC(=O)N(CC(=O)NC(=O)NCc2ccco2)C1=O. The number of urea groups is 2. The molecule has 1 fully saturated rings. The van der Waals surface area contributed by atoms with E-state index in [4.69, 9.17) is 4.42 Å². The Bertz CT molecular complexity index is 1170. The maximum atomic E-state index is 13.1. The smallest absolute Gasteiger partial charge is 0.325 e. The average molecular weight is 420 g/mol. The summed E-state index contributed by atoms with van der Waals surface area (Å²) in [5.41, 5.74) is -0.706. The fourth-order valence-electron chi connectivity index (χ4n) is 3.62. The molecule has 2 aromatic carbocycles. The number of furan rings is 1. The van der Waals surface area contributed by atoms with Gasteiger partial charge in [-0.1, -0.05) is 42.5 Å². The van der Waals surface area contributed by atoms with E-state index in [-0.39, 0.29) is 6.54 Å². The molecular formula is C22H20N4O5. The number of benzene rings is 2. The number of hydrogen-bond acceptors (Lipinski definition) is 5. The van der Waals surface area contributed by atoms with Gasteiger partial charge in [0.2, 0.25) is 5.91 Å². The lowest BCUT2D eigenvalue weighted by Crippen LogP contribution is -2.46. The molecule has 6 amide bonds. The molecule has 9 heteroatoms. The van der Waals surface area contributed by atoms with E-state index in [1.165, 1.54) is 6.26 Å². The number of carbonyl (C=O) groups excluding carboxylic acids is 4. The summed E-state index contributed by atoms with van der Waals surface area (Å²) in [5, 5.41) is 8.99. The predicted molar refractivity (Wildman–Crippen MR) is 111 cm³/mol. The van der Waals surface area contributed by atoms with Crippen LogP contribution in [0.3, 0.4) is 0 Å². The van der Waals surface area contributed by atoms with Crippen LogP contribution in [0.2, 0.25) is 0 Å². The van der Waals surface area contributed by atoms with Crippen molar-refractivity contribution in [2.45, 2.75) is 19.0 Å². The Balaban J connectivity index is 1.45. The van der Waals surface area contributed by atoms with Crippen LogP contribution in [0, 0.1) is 0 Å². The van der Waals surface area contributed by atoms with Crippen molar-refractivity contribution in [2.24, 2.45) is 0 Å². The molecule has 4 rings (SSSR count). The molecule has 0 saturated carbocycles. The third kappa shape index (κ3) is 3.85. The van der Waals surface area contributed by atoms with Gasteiger partial charge in [0, 0.05) is 0 Å². The van der Waals surface area contributed by atoms with Gasteiger partial charge in [-0.2, -0.15) is 0 Å². The highest BCUT2D eigenvalue weighted by Crippen LogP contribution is 2.33. The first-order chi connectivity index (χ1) is 14.9.